The molecule has 1 unspecified atom stereocenters. The summed E-state index contributed by atoms with van der Waals surface area (Å²) in [6.07, 6.45) is -0.339. The standard InChI is InChI=1S/C17H18FN3O5S/c1-10-6-14(21-26-10)20-16(23)9-27-8-15(22)19-13(7-17(24)25)11-2-4-12(18)5-3-11/h2-6,13H,7-9H2,1H3,(H,19,22)(H,24,25)(H,20,21,23). The smallest absolute Gasteiger partial charge is 0.305 e. The molecule has 0 aliphatic heterocycles. The van der Waals surface area contributed by atoms with Gasteiger partial charge in [-0.1, -0.05) is 17.3 Å². The number of nitrogens with one attached hydrogen (secondary N) is 2. The quantitative estimate of drug-likeness (QED) is 0.594. The van der Waals surface area contributed by atoms with Crippen molar-refractivity contribution in [1.29, 1.82) is 0 Å². The molecule has 2 rings (SSSR count). The minimum atomic E-state index is -1.10. The molecule has 27 heavy (non-hydrogen) atoms. The van der Waals surface area contributed by atoms with Gasteiger partial charge in [-0.05, 0) is 24.6 Å². The Hall–Kier alpha value is -2.88. The highest BCUT2D eigenvalue weighted by Crippen LogP contribution is 2.18. The monoisotopic (exact) mass is 395 g/mol. The van der Waals surface area contributed by atoms with Crippen LogP contribution in [0.15, 0.2) is 34.9 Å². The molecule has 1 atom stereocenters. The Morgan fingerprint density at radius 1 is 1.22 bits per heavy atom. The average molecular weight is 395 g/mol. The summed E-state index contributed by atoms with van der Waals surface area (Å²) in [5.41, 5.74) is 0.483. The number of rotatable bonds is 9. The summed E-state index contributed by atoms with van der Waals surface area (Å²) >= 11 is 1.06. The van der Waals surface area contributed by atoms with Crippen LogP contribution in [0.1, 0.15) is 23.8 Å². The fourth-order valence-electron chi connectivity index (χ4n) is 2.20. The van der Waals surface area contributed by atoms with Crippen molar-refractivity contribution in [3.63, 3.8) is 0 Å². The zero-order chi connectivity index (χ0) is 19.8. The molecule has 2 amide bonds. The minimum Gasteiger partial charge on any atom is -0.481 e. The number of hydrogen-bond acceptors (Lipinski definition) is 6. The number of amides is 2. The number of anilines is 1. The SMILES string of the molecule is Cc1cc(NC(=O)CSCC(=O)NC(CC(=O)O)c2ccc(F)cc2)no1. The van der Waals surface area contributed by atoms with Gasteiger partial charge in [0.15, 0.2) is 5.82 Å². The van der Waals surface area contributed by atoms with E-state index >= 15 is 0 Å². The lowest BCUT2D eigenvalue weighted by molar-refractivity contribution is -0.137. The first-order valence-electron chi connectivity index (χ1n) is 7.91. The number of nitrogens with zero attached hydrogens (tertiary/aromatic N) is 1. The van der Waals surface area contributed by atoms with E-state index in [-0.39, 0.29) is 23.8 Å². The van der Waals surface area contributed by atoms with Gasteiger partial charge in [-0.15, -0.1) is 11.8 Å². The van der Waals surface area contributed by atoms with Gasteiger partial charge in [-0.3, -0.25) is 14.4 Å². The molecule has 0 spiro atoms. The summed E-state index contributed by atoms with van der Waals surface area (Å²) in [4.78, 5) is 34.8. The molecular weight excluding hydrogens is 377 g/mol. The Balaban J connectivity index is 1.81. The highest BCUT2D eigenvalue weighted by Gasteiger charge is 2.18. The van der Waals surface area contributed by atoms with E-state index in [2.05, 4.69) is 15.8 Å². The zero-order valence-electron chi connectivity index (χ0n) is 14.4. The third kappa shape index (κ3) is 7.10. The molecule has 1 heterocycles. The molecule has 0 saturated carbocycles. The molecule has 3 N–H and O–H groups in total. The van der Waals surface area contributed by atoms with E-state index in [4.69, 9.17) is 9.63 Å². The Labute approximate surface area is 158 Å². The number of aliphatic carboxylic acids is 1. The second-order valence-electron chi connectivity index (χ2n) is 5.63. The fraction of sp³-hybridized carbons (Fsp3) is 0.294. The molecule has 0 fully saturated rings. The van der Waals surface area contributed by atoms with Gasteiger partial charge >= 0.3 is 5.97 Å². The van der Waals surface area contributed by atoms with Crippen LogP contribution in [0.25, 0.3) is 0 Å². The summed E-state index contributed by atoms with van der Waals surface area (Å²) in [5.74, 6) is -1.50. The number of halogens is 1. The molecule has 0 aliphatic carbocycles. The van der Waals surface area contributed by atoms with Gasteiger partial charge in [-0.2, -0.15) is 0 Å². The number of carbonyl (C=O) groups excluding carboxylic acids is 2. The van der Waals surface area contributed by atoms with Crippen LogP contribution in [0.5, 0.6) is 0 Å². The van der Waals surface area contributed by atoms with E-state index in [1.165, 1.54) is 24.3 Å². The van der Waals surface area contributed by atoms with Crippen molar-refractivity contribution in [2.24, 2.45) is 0 Å². The molecule has 10 heteroatoms. The van der Waals surface area contributed by atoms with Crippen LogP contribution < -0.4 is 10.6 Å². The third-order valence-electron chi connectivity index (χ3n) is 3.35. The number of thioether (sulfide) groups is 1. The Kier molecular flexibility index (Phi) is 7.35. The summed E-state index contributed by atoms with van der Waals surface area (Å²) in [6.45, 7) is 1.69. The molecule has 1 aromatic carbocycles. The van der Waals surface area contributed by atoms with Crippen LogP contribution >= 0.6 is 11.8 Å². The van der Waals surface area contributed by atoms with Crippen molar-refractivity contribution in [2.45, 2.75) is 19.4 Å². The van der Waals surface area contributed by atoms with Gasteiger partial charge < -0.3 is 20.3 Å². The van der Waals surface area contributed by atoms with Gasteiger partial charge in [-0.25, -0.2) is 4.39 Å². The normalized spacial score (nSPS) is 11.6. The molecule has 144 valence electrons. The summed E-state index contributed by atoms with van der Waals surface area (Å²) in [7, 11) is 0. The molecule has 0 bridgehead atoms. The summed E-state index contributed by atoms with van der Waals surface area (Å²) in [5, 5.41) is 17.7. The maximum Gasteiger partial charge on any atom is 0.305 e. The van der Waals surface area contributed by atoms with Crippen LogP contribution in [0.2, 0.25) is 0 Å². The predicted molar refractivity (Wildman–Crippen MR) is 96.7 cm³/mol. The van der Waals surface area contributed by atoms with Gasteiger partial charge in [0.2, 0.25) is 11.8 Å². The second kappa shape index (κ2) is 9.72. The first kappa shape index (κ1) is 20.4. The zero-order valence-corrected chi connectivity index (χ0v) is 15.2. The van der Waals surface area contributed by atoms with Gasteiger partial charge in [0.25, 0.3) is 0 Å². The Bertz CT molecular complexity index is 809. The van der Waals surface area contributed by atoms with Crippen LogP contribution in [-0.4, -0.2) is 39.6 Å². The lowest BCUT2D eigenvalue weighted by Gasteiger charge is -2.17. The van der Waals surface area contributed by atoms with Gasteiger partial charge in [0, 0.05) is 6.07 Å². The van der Waals surface area contributed by atoms with Crippen LogP contribution in [0, 0.1) is 12.7 Å². The van der Waals surface area contributed by atoms with Gasteiger partial charge in [0.1, 0.15) is 11.6 Å². The largest absolute Gasteiger partial charge is 0.481 e. The second-order valence-corrected chi connectivity index (χ2v) is 6.62. The predicted octanol–water partition coefficient (Wildman–Crippen LogP) is 2.13. The Morgan fingerprint density at radius 3 is 2.48 bits per heavy atom. The van der Waals surface area contributed by atoms with Crippen molar-refractivity contribution in [1.82, 2.24) is 10.5 Å². The number of aromatic nitrogens is 1. The number of carbonyl (C=O) groups is 3. The summed E-state index contributed by atoms with van der Waals surface area (Å²) < 4.78 is 17.8. The van der Waals surface area contributed by atoms with E-state index in [9.17, 15) is 18.8 Å². The number of hydrogen-bond donors (Lipinski definition) is 3. The first-order valence-corrected chi connectivity index (χ1v) is 9.06. The van der Waals surface area contributed by atoms with Crippen molar-refractivity contribution in [3.05, 3.63) is 47.5 Å². The highest BCUT2D eigenvalue weighted by atomic mass is 32.2. The topological polar surface area (TPSA) is 122 Å². The molecule has 2 aromatic rings. The first-order chi connectivity index (χ1) is 12.8. The molecule has 1 aromatic heterocycles. The van der Waals surface area contributed by atoms with Crippen molar-refractivity contribution < 1.29 is 28.4 Å². The van der Waals surface area contributed by atoms with Crippen LogP contribution in [-0.2, 0) is 14.4 Å². The number of carboxylic acid groups (broad SMARTS) is 1. The van der Waals surface area contributed by atoms with E-state index < -0.39 is 23.7 Å². The van der Waals surface area contributed by atoms with Gasteiger partial charge in [0.05, 0.1) is 24.0 Å². The Morgan fingerprint density at radius 2 is 1.89 bits per heavy atom. The number of aryl methyl sites for hydroxylation is 1. The van der Waals surface area contributed by atoms with Crippen molar-refractivity contribution in [3.8, 4) is 0 Å². The maximum absolute atomic E-state index is 13.0. The van der Waals surface area contributed by atoms with Crippen molar-refractivity contribution in [2.75, 3.05) is 16.8 Å². The highest BCUT2D eigenvalue weighted by molar-refractivity contribution is 8.00. The third-order valence-corrected chi connectivity index (χ3v) is 4.28. The average Bonchev–Trinajstić information content (AvgIpc) is 2.99. The molecule has 0 radical (unpaired) electrons. The molecule has 0 saturated heterocycles. The molecular formula is C17H18FN3O5S. The number of carboxylic acids is 1. The van der Waals surface area contributed by atoms with E-state index in [0.717, 1.165) is 11.8 Å². The lowest BCUT2D eigenvalue weighted by Crippen LogP contribution is -2.32. The fourth-order valence-corrected chi connectivity index (χ4v) is 2.83. The van der Waals surface area contributed by atoms with E-state index in [1.54, 1.807) is 13.0 Å². The minimum absolute atomic E-state index is 0.0134. The molecule has 0 aliphatic rings. The summed E-state index contributed by atoms with van der Waals surface area (Å²) in [6, 6.07) is 6.01. The molecule has 8 nitrogen and oxygen atoms in total. The lowest BCUT2D eigenvalue weighted by atomic mass is 10.0. The van der Waals surface area contributed by atoms with Crippen LogP contribution in [0.3, 0.4) is 0 Å². The van der Waals surface area contributed by atoms with E-state index in [0.29, 0.717) is 17.1 Å². The van der Waals surface area contributed by atoms with Crippen molar-refractivity contribution >= 4 is 35.4 Å². The van der Waals surface area contributed by atoms with Crippen LogP contribution in [0.4, 0.5) is 10.2 Å². The number of benzene rings is 1. The van der Waals surface area contributed by atoms with E-state index in [1.807, 2.05) is 0 Å². The maximum atomic E-state index is 13.0.